The van der Waals surface area contributed by atoms with Crippen LogP contribution in [0.1, 0.15) is 17.3 Å². The second-order valence-corrected chi connectivity index (χ2v) is 6.59. The predicted molar refractivity (Wildman–Crippen MR) is 90.5 cm³/mol. The van der Waals surface area contributed by atoms with E-state index in [1.165, 1.54) is 33.3 Å². The van der Waals surface area contributed by atoms with E-state index in [0.29, 0.717) is 0 Å². The third kappa shape index (κ3) is 3.91. The van der Waals surface area contributed by atoms with E-state index in [1.807, 2.05) is 0 Å². The van der Waals surface area contributed by atoms with Crippen molar-refractivity contribution in [2.75, 3.05) is 14.2 Å². The van der Waals surface area contributed by atoms with Crippen molar-refractivity contribution >= 4 is 21.6 Å². The van der Waals surface area contributed by atoms with Gasteiger partial charge in [0.05, 0.1) is 19.1 Å². The second-order valence-electron chi connectivity index (χ2n) is 5.05. The molecule has 0 spiro atoms. The topological polar surface area (TPSA) is 122 Å². The molecule has 0 unspecified atom stereocenters. The van der Waals surface area contributed by atoms with E-state index >= 15 is 0 Å². The Bertz CT molecular complexity index is 951. The molecule has 2 rings (SSSR count). The molecule has 0 aromatic heterocycles. The molecule has 0 heterocycles. The fourth-order valence-electron chi connectivity index (χ4n) is 2.16. The molecule has 0 aliphatic heterocycles. The van der Waals surface area contributed by atoms with Crippen LogP contribution in [-0.2, 0) is 10.1 Å². The molecule has 0 aliphatic rings. The van der Waals surface area contributed by atoms with Crippen molar-refractivity contribution in [3.63, 3.8) is 0 Å². The van der Waals surface area contributed by atoms with Gasteiger partial charge in [0, 0.05) is 24.3 Å². The number of hydrogen-bond donors (Lipinski definition) is 0. The first-order chi connectivity index (χ1) is 12.2. The minimum absolute atomic E-state index is 0.0706. The summed E-state index contributed by atoms with van der Waals surface area (Å²) in [4.78, 5) is 21.6. The first-order valence-corrected chi connectivity index (χ1v) is 8.56. The number of methoxy groups -OCH3 is 2. The van der Waals surface area contributed by atoms with Crippen LogP contribution in [0, 0.1) is 10.1 Å². The summed E-state index contributed by atoms with van der Waals surface area (Å²) in [5.41, 5.74) is -0.338. The average Bonchev–Trinajstić information content (AvgIpc) is 2.60. The SMILES string of the molecule is COc1cc(OC)c(C(C)=O)c(OS(=O)(=O)c2ccc([N+](=O)[O-])cc2)c1. The van der Waals surface area contributed by atoms with Gasteiger partial charge in [0.25, 0.3) is 5.69 Å². The van der Waals surface area contributed by atoms with Gasteiger partial charge in [-0.25, -0.2) is 0 Å². The number of nitrogens with zero attached hydrogens (tertiary/aromatic N) is 1. The Morgan fingerprint density at radius 3 is 2.08 bits per heavy atom. The highest BCUT2D eigenvalue weighted by Gasteiger charge is 2.24. The maximum atomic E-state index is 12.5. The van der Waals surface area contributed by atoms with E-state index < -0.39 is 20.8 Å². The normalized spacial score (nSPS) is 10.9. The van der Waals surface area contributed by atoms with E-state index in [4.69, 9.17) is 13.7 Å². The lowest BCUT2D eigenvalue weighted by Crippen LogP contribution is -2.13. The van der Waals surface area contributed by atoms with E-state index in [-0.39, 0.29) is 33.4 Å². The number of nitro benzene ring substituents is 1. The zero-order chi connectivity index (χ0) is 19.5. The number of ketones is 1. The Morgan fingerprint density at radius 1 is 1.04 bits per heavy atom. The molecule has 0 fully saturated rings. The zero-order valence-electron chi connectivity index (χ0n) is 14.1. The van der Waals surface area contributed by atoms with Crippen LogP contribution in [0.5, 0.6) is 17.2 Å². The molecule has 0 bridgehead atoms. The van der Waals surface area contributed by atoms with Crippen molar-refractivity contribution in [1.82, 2.24) is 0 Å². The van der Waals surface area contributed by atoms with Gasteiger partial charge in [-0.1, -0.05) is 0 Å². The third-order valence-corrected chi connectivity index (χ3v) is 4.63. The van der Waals surface area contributed by atoms with Crippen LogP contribution in [0.3, 0.4) is 0 Å². The Kier molecular flexibility index (Phi) is 5.46. The molecule has 0 amide bonds. The molecular formula is C16H15NO8S. The van der Waals surface area contributed by atoms with E-state index in [0.717, 1.165) is 24.3 Å². The maximum Gasteiger partial charge on any atom is 0.339 e. The molecule has 26 heavy (non-hydrogen) atoms. The second kappa shape index (κ2) is 7.40. The summed E-state index contributed by atoms with van der Waals surface area (Å²) < 4.78 is 40.2. The van der Waals surface area contributed by atoms with Gasteiger partial charge in [-0.3, -0.25) is 14.9 Å². The number of non-ortho nitro benzene ring substituents is 1. The van der Waals surface area contributed by atoms with E-state index in [9.17, 15) is 23.3 Å². The van der Waals surface area contributed by atoms with Crippen molar-refractivity contribution in [3.05, 3.63) is 52.1 Å². The molecule has 0 saturated heterocycles. The average molecular weight is 381 g/mol. The van der Waals surface area contributed by atoms with Crippen LogP contribution in [0.25, 0.3) is 0 Å². The number of benzene rings is 2. The van der Waals surface area contributed by atoms with Crippen LogP contribution in [-0.4, -0.2) is 33.3 Å². The summed E-state index contributed by atoms with van der Waals surface area (Å²) in [6.45, 7) is 1.23. The minimum Gasteiger partial charge on any atom is -0.496 e. The van der Waals surface area contributed by atoms with Crippen molar-refractivity contribution < 1.29 is 31.8 Å². The van der Waals surface area contributed by atoms with Crippen LogP contribution in [0.4, 0.5) is 5.69 Å². The van der Waals surface area contributed by atoms with Gasteiger partial charge in [0.2, 0.25) is 0 Å². The Morgan fingerprint density at radius 2 is 1.62 bits per heavy atom. The van der Waals surface area contributed by atoms with Gasteiger partial charge in [-0.15, -0.1) is 0 Å². The molecule has 2 aromatic rings. The molecule has 0 aliphatic carbocycles. The van der Waals surface area contributed by atoms with Gasteiger partial charge in [-0.05, 0) is 19.1 Å². The molecular weight excluding hydrogens is 366 g/mol. The summed E-state index contributed by atoms with van der Waals surface area (Å²) in [7, 11) is -1.67. The molecule has 10 heteroatoms. The first-order valence-electron chi connectivity index (χ1n) is 7.15. The standard InChI is InChI=1S/C16H15NO8S/c1-10(18)16-14(24-3)8-12(23-2)9-15(16)25-26(21,22)13-6-4-11(5-7-13)17(19)20/h4-9H,1-3H3. The lowest BCUT2D eigenvalue weighted by atomic mass is 10.1. The first kappa shape index (κ1) is 19.2. The number of Topliss-reactive ketones (excluding diaryl/α,β-unsaturated/α-hetero) is 1. The van der Waals surface area contributed by atoms with E-state index in [1.54, 1.807) is 0 Å². The van der Waals surface area contributed by atoms with E-state index in [2.05, 4.69) is 0 Å². The quantitative estimate of drug-likeness (QED) is 0.310. The zero-order valence-corrected chi connectivity index (χ0v) is 14.9. The summed E-state index contributed by atoms with van der Waals surface area (Å²) in [5.74, 6) is -0.433. The van der Waals surface area contributed by atoms with Gasteiger partial charge < -0.3 is 13.7 Å². The van der Waals surface area contributed by atoms with Gasteiger partial charge >= 0.3 is 10.1 Å². The third-order valence-electron chi connectivity index (χ3n) is 3.38. The Labute approximate surface area is 149 Å². The van der Waals surface area contributed by atoms with Crippen LogP contribution in [0.2, 0.25) is 0 Å². The fourth-order valence-corrected chi connectivity index (χ4v) is 3.09. The monoisotopic (exact) mass is 381 g/mol. The van der Waals surface area contributed by atoms with Gasteiger partial charge in [0.15, 0.2) is 11.5 Å². The van der Waals surface area contributed by atoms with Crippen LogP contribution < -0.4 is 13.7 Å². The Hall–Kier alpha value is -3.14. The number of rotatable bonds is 7. The number of carbonyl (C=O) groups excluding carboxylic acids is 1. The molecule has 0 atom stereocenters. The minimum atomic E-state index is -4.35. The number of hydrogen-bond acceptors (Lipinski definition) is 8. The summed E-state index contributed by atoms with van der Waals surface area (Å²) >= 11 is 0. The molecule has 0 saturated carbocycles. The van der Waals surface area contributed by atoms with Crippen molar-refractivity contribution in [3.8, 4) is 17.2 Å². The molecule has 0 radical (unpaired) electrons. The van der Waals surface area contributed by atoms with Crippen molar-refractivity contribution in [2.24, 2.45) is 0 Å². The molecule has 9 nitrogen and oxygen atoms in total. The van der Waals surface area contributed by atoms with Crippen LogP contribution in [0.15, 0.2) is 41.3 Å². The summed E-state index contributed by atoms with van der Waals surface area (Å²) in [6, 6.07) is 6.81. The van der Waals surface area contributed by atoms with Gasteiger partial charge in [-0.2, -0.15) is 8.42 Å². The highest BCUT2D eigenvalue weighted by Crippen LogP contribution is 2.36. The summed E-state index contributed by atoms with van der Waals surface area (Å²) in [6.07, 6.45) is 0. The molecule has 138 valence electrons. The largest absolute Gasteiger partial charge is 0.496 e. The Balaban J connectivity index is 2.51. The smallest absolute Gasteiger partial charge is 0.339 e. The van der Waals surface area contributed by atoms with Gasteiger partial charge in [0.1, 0.15) is 22.0 Å². The predicted octanol–water partition coefficient (Wildman–Crippen LogP) is 2.58. The summed E-state index contributed by atoms with van der Waals surface area (Å²) in [5, 5.41) is 10.7. The number of ether oxygens (including phenoxy) is 2. The lowest BCUT2D eigenvalue weighted by Gasteiger charge is -2.14. The van der Waals surface area contributed by atoms with Crippen molar-refractivity contribution in [2.45, 2.75) is 11.8 Å². The number of carbonyl (C=O) groups is 1. The maximum absolute atomic E-state index is 12.5. The lowest BCUT2D eigenvalue weighted by molar-refractivity contribution is -0.384. The van der Waals surface area contributed by atoms with Crippen LogP contribution >= 0.6 is 0 Å². The molecule has 2 aromatic carbocycles. The highest BCUT2D eigenvalue weighted by molar-refractivity contribution is 7.87. The number of nitro groups is 1. The highest BCUT2D eigenvalue weighted by atomic mass is 32.2. The fraction of sp³-hybridized carbons (Fsp3) is 0.188. The van der Waals surface area contributed by atoms with Crippen molar-refractivity contribution in [1.29, 1.82) is 0 Å². The molecule has 0 N–H and O–H groups in total.